The van der Waals surface area contributed by atoms with E-state index in [9.17, 15) is 9.59 Å². The van der Waals surface area contributed by atoms with E-state index in [0.29, 0.717) is 12.2 Å². The molecule has 0 fully saturated rings. The molecule has 1 atom stereocenters. The predicted octanol–water partition coefficient (Wildman–Crippen LogP) is 1.69. The Labute approximate surface area is 117 Å². The van der Waals surface area contributed by atoms with Crippen molar-refractivity contribution >= 4 is 12.0 Å². The molecule has 0 aliphatic heterocycles. The largest absolute Gasteiger partial charge is 0.480 e. The summed E-state index contributed by atoms with van der Waals surface area (Å²) in [5.74, 6) is -0.381. The molecular weight excluding hydrogens is 262 g/mol. The van der Waals surface area contributed by atoms with Gasteiger partial charge in [-0.2, -0.15) is 0 Å². The van der Waals surface area contributed by atoms with Crippen LogP contribution in [0.3, 0.4) is 0 Å². The van der Waals surface area contributed by atoms with Gasteiger partial charge in [-0.1, -0.05) is 12.1 Å². The topological polar surface area (TPSA) is 95.7 Å². The first-order chi connectivity index (χ1) is 9.36. The summed E-state index contributed by atoms with van der Waals surface area (Å²) >= 11 is 0. The zero-order valence-electron chi connectivity index (χ0n) is 12.3. The van der Waals surface area contributed by atoms with Gasteiger partial charge in [0.2, 0.25) is 0 Å². The summed E-state index contributed by atoms with van der Waals surface area (Å²) in [6.07, 6.45) is 0.687. The van der Waals surface area contributed by atoms with Crippen LogP contribution in [-0.4, -0.2) is 39.8 Å². The second-order valence-electron chi connectivity index (χ2n) is 4.74. The molecule has 2 amide bonds. The maximum absolute atomic E-state index is 12.1. The predicted molar refractivity (Wildman–Crippen MR) is 72.3 cm³/mol. The summed E-state index contributed by atoms with van der Waals surface area (Å²) in [5, 5.41) is 15.4. The normalized spacial score (nSPS) is 12.0. The molecule has 1 rings (SSSR count). The summed E-state index contributed by atoms with van der Waals surface area (Å²) in [4.78, 5) is 24.2. The van der Waals surface area contributed by atoms with Gasteiger partial charge in [0.1, 0.15) is 12.3 Å². The van der Waals surface area contributed by atoms with Gasteiger partial charge in [-0.25, -0.2) is 4.79 Å². The highest BCUT2D eigenvalue weighted by Crippen LogP contribution is 2.12. The monoisotopic (exact) mass is 283 g/mol. The molecule has 112 valence electrons. The molecule has 1 heterocycles. The minimum atomic E-state index is -1.03. The molecule has 0 saturated carbocycles. The average Bonchev–Trinajstić information content (AvgIpc) is 2.71. The highest BCUT2D eigenvalue weighted by atomic mass is 16.5. The maximum atomic E-state index is 12.1. The van der Waals surface area contributed by atoms with Crippen molar-refractivity contribution < 1.29 is 19.2 Å². The number of urea groups is 1. The van der Waals surface area contributed by atoms with Crippen LogP contribution >= 0.6 is 0 Å². The Balaban J connectivity index is 2.69. The van der Waals surface area contributed by atoms with Crippen molar-refractivity contribution in [1.82, 2.24) is 15.4 Å². The molecule has 7 heteroatoms. The Morgan fingerprint density at radius 2 is 2.10 bits per heavy atom. The van der Waals surface area contributed by atoms with Crippen molar-refractivity contribution in [3.05, 3.63) is 17.0 Å². The first-order valence-corrected chi connectivity index (χ1v) is 6.54. The second kappa shape index (κ2) is 6.93. The first-order valence-electron chi connectivity index (χ1n) is 6.54. The van der Waals surface area contributed by atoms with Crippen LogP contribution in [0.4, 0.5) is 4.79 Å². The molecule has 1 aromatic heterocycles. The number of hydrogen-bond donors (Lipinski definition) is 2. The molecule has 2 N–H and O–H groups in total. The van der Waals surface area contributed by atoms with E-state index in [2.05, 4.69) is 10.5 Å². The first kappa shape index (κ1) is 16.0. The van der Waals surface area contributed by atoms with Crippen LogP contribution in [0.1, 0.15) is 37.3 Å². The molecule has 0 saturated heterocycles. The van der Waals surface area contributed by atoms with Gasteiger partial charge in [0.05, 0.1) is 5.69 Å². The van der Waals surface area contributed by atoms with Crippen molar-refractivity contribution in [2.45, 2.75) is 46.7 Å². The van der Waals surface area contributed by atoms with E-state index in [1.165, 1.54) is 4.90 Å². The number of nitrogens with one attached hydrogen (secondary N) is 1. The van der Waals surface area contributed by atoms with Crippen LogP contribution in [0.15, 0.2) is 4.52 Å². The molecule has 0 spiro atoms. The standard InChI is InChI=1S/C13H21N3O4/c1-5-8(2)16(7-12(17)18)13(19)14-6-11-9(3)15-20-10(11)4/h8H,5-7H2,1-4H3,(H,14,19)(H,17,18). The van der Waals surface area contributed by atoms with Gasteiger partial charge in [0.15, 0.2) is 0 Å². The van der Waals surface area contributed by atoms with Crippen molar-refractivity contribution in [3.63, 3.8) is 0 Å². The minimum absolute atomic E-state index is 0.143. The second-order valence-corrected chi connectivity index (χ2v) is 4.74. The number of amides is 2. The maximum Gasteiger partial charge on any atom is 0.323 e. The zero-order valence-corrected chi connectivity index (χ0v) is 12.3. The molecule has 7 nitrogen and oxygen atoms in total. The molecule has 0 aromatic carbocycles. The number of rotatable bonds is 6. The van der Waals surface area contributed by atoms with Crippen molar-refractivity contribution in [2.75, 3.05) is 6.54 Å². The van der Waals surface area contributed by atoms with Gasteiger partial charge in [0.25, 0.3) is 0 Å². The van der Waals surface area contributed by atoms with Gasteiger partial charge < -0.3 is 19.8 Å². The van der Waals surface area contributed by atoms with E-state index in [0.717, 1.165) is 11.3 Å². The van der Waals surface area contributed by atoms with Crippen LogP contribution in [0.2, 0.25) is 0 Å². The number of carbonyl (C=O) groups is 2. The fourth-order valence-corrected chi connectivity index (χ4v) is 1.81. The van der Waals surface area contributed by atoms with E-state index >= 15 is 0 Å². The fourth-order valence-electron chi connectivity index (χ4n) is 1.81. The lowest BCUT2D eigenvalue weighted by molar-refractivity contribution is -0.138. The average molecular weight is 283 g/mol. The van der Waals surface area contributed by atoms with E-state index in [-0.39, 0.29) is 19.1 Å². The summed E-state index contributed by atoms with van der Waals surface area (Å²) in [7, 11) is 0. The number of aliphatic carboxylic acids is 1. The lowest BCUT2D eigenvalue weighted by Crippen LogP contribution is -2.47. The van der Waals surface area contributed by atoms with E-state index in [1.807, 2.05) is 13.8 Å². The van der Waals surface area contributed by atoms with Gasteiger partial charge in [0, 0.05) is 18.2 Å². The van der Waals surface area contributed by atoms with Crippen LogP contribution in [0.5, 0.6) is 0 Å². The smallest absolute Gasteiger partial charge is 0.323 e. The summed E-state index contributed by atoms with van der Waals surface area (Å²) in [6.45, 7) is 7.24. The highest BCUT2D eigenvalue weighted by Gasteiger charge is 2.22. The molecule has 0 radical (unpaired) electrons. The number of carboxylic acid groups (broad SMARTS) is 1. The molecule has 0 aliphatic rings. The Hall–Kier alpha value is -2.05. The summed E-state index contributed by atoms with van der Waals surface area (Å²) in [5.41, 5.74) is 1.54. The summed E-state index contributed by atoms with van der Waals surface area (Å²) in [6, 6.07) is -0.544. The van der Waals surface area contributed by atoms with Crippen LogP contribution in [-0.2, 0) is 11.3 Å². The Bertz CT molecular complexity index is 464. The lowest BCUT2D eigenvalue weighted by atomic mass is 10.2. The number of aryl methyl sites for hydroxylation is 2. The Morgan fingerprint density at radius 1 is 1.45 bits per heavy atom. The number of carbonyl (C=O) groups excluding carboxylic acids is 1. The summed E-state index contributed by atoms with van der Waals surface area (Å²) < 4.78 is 5.01. The molecule has 0 bridgehead atoms. The number of carboxylic acids is 1. The van der Waals surface area contributed by atoms with E-state index in [4.69, 9.17) is 9.63 Å². The quantitative estimate of drug-likeness (QED) is 0.828. The molecule has 1 aromatic rings. The van der Waals surface area contributed by atoms with Crippen LogP contribution in [0.25, 0.3) is 0 Å². The zero-order chi connectivity index (χ0) is 15.3. The van der Waals surface area contributed by atoms with E-state index in [1.54, 1.807) is 13.8 Å². The van der Waals surface area contributed by atoms with Gasteiger partial charge in [-0.15, -0.1) is 0 Å². The fraction of sp³-hybridized carbons (Fsp3) is 0.615. The lowest BCUT2D eigenvalue weighted by Gasteiger charge is -2.27. The Kier molecular flexibility index (Phi) is 5.54. The molecule has 20 heavy (non-hydrogen) atoms. The third kappa shape index (κ3) is 3.97. The van der Waals surface area contributed by atoms with Crippen molar-refractivity contribution in [2.24, 2.45) is 0 Å². The SMILES string of the molecule is CCC(C)N(CC(=O)O)C(=O)NCc1c(C)noc1C. The Morgan fingerprint density at radius 3 is 2.55 bits per heavy atom. The third-order valence-corrected chi connectivity index (χ3v) is 3.29. The number of hydrogen-bond acceptors (Lipinski definition) is 4. The van der Waals surface area contributed by atoms with E-state index < -0.39 is 12.0 Å². The minimum Gasteiger partial charge on any atom is -0.480 e. The van der Waals surface area contributed by atoms with Gasteiger partial charge in [-0.05, 0) is 27.2 Å². The van der Waals surface area contributed by atoms with Gasteiger partial charge in [-0.3, -0.25) is 4.79 Å². The third-order valence-electron chi connectivity index (χ3n) is 3.29. The highest BCUT2D eigenvalue weighted by molar-refractivity contribution is 5.80. The van der Waals surface area contributed by atoms with Crippen molar-refractivity contribution in [3.8, 4) is 0 Å². The molecular formula is C13H21N3O4. The number of nitrogens with zero attached hydrogens (tertiary/aromatic N) is 2. The molecule has 1 unspecified atom stereocenters. The van der Waals surface area contributed by atoms with Crippen LogP contribution < -0.4 is 5.32 Å². The van der Waals surface area contributed by atoms with Crippen molar-refractivity contribution in [1.29, 1.82) is 0 Å². The number of aromatic nitrogens is 1. The van der Waals surface area contributed by atoms with Crippen LogP contribution in [0, 0.1) is 13.8 Å². The van der Waals surface area contributed by atoms with Gasteiger partial charge >= 0.3 is 12.0 Å². The molecule has 0 aliphatic carbocycles.